The maximum absolute atomic E-state index is 10.3. The first-order chi connectivity index (χ1) is 7.26. The Morgan fingerprint density at radius 1 is 1.53 bits per heavy atom. The van der Waals surface area contributed by atoms with E-state index in [1.165, 1.54) is 7.11 Å². The molecule has 6 heteroatoms. The average molecular weight is 218 g/mol. The number of aliphatic hydroxyl groups is 1. The van der Waals surface area contributed by atoms with Crippen LogP contribution in [0.4, 0.5) is 0 Å². The highest BCUT2D eigenvalue weighted by atomic mass is 16.8. The second-order valence-electron chi connectivity index (χ2n) is 3.54. The molecular formula is C9H14O6. The minimum Gasteiger partial charge on any atom is -0.385 e. The first kappa shape index (κ1) is 11.0. The molecule has 0 saturated carbocycles. The fourth-order valence-electron chi connectivity index (χ4n) is 1.82. The van der Waals surface area contributed by atoms with Gasteiger partial charge in [-0.05, 0) is 0 Å². The Balaban J connectivity index is 1.97. The maximum atomic E-state index is 10.3. The SMILES string of the molecule is COC1OC2COC(CC=O)OC2C1O. The van der Waals surface area contributed by atoms with Gasteiger partial charge in [-0.2, -0.15) is 0 Å². The van der Waals surface area contributed by atoms with Gasteiger partial charge in [-0.15, -0.1) is 0 Å². The molecule has 0 aromatic carbocycles. The van der Waals surface area contributed by atoms with Crippen LogP contribution in [0.25, 0.3) is 0 Å². The van der Waals surface area contributed by atoms with Crippen molar-refractivity contribution in [2.24, 2.45) is 0 Å². The third kappa shape index (κ3) is 2.04. The lowest BCUT2D eigenvalue weighted by atomic mass is 10.1. The second-order valence-corrected chi connectivity index (χ2v) is 3.54. The van der Waals surface area contributed by atoms with Gasteiger partial charge in [0, 0.05) is 7.11 Å². The topological polar surface area (TPSA) is 74.2 Å². The van der Waals surface area contributed by atoms with Crippen LogP contribution in [0.5, 0.6) is 0 Å². The van der Waals surface area contributed by atoms with Crippen molar-refractivity contribution in [1.82, 2.24) is 0 Å². The second kappa shape index (κ2) is 4.54. The molecule has 2 aliphatic rings. The zero-order chi connectivity index (χ0) is 10.8. The fraction of sp³-hybridized carbons (Fsp3) is 0.889. The smallest absolute Gasteiger partial charge is 0.186 e. The van der Waals surface area contributed by atoms with Crippen LogP contribution in [0.15, 0.2) is 0 Å². The van der Waals surface area contributed by atoms with Crippen LogP contribution >= 0.6 is 0 Å². The number of hydrogen-bond acceptors (Lipinski definition) is 6. The Morgan fingerprint density at radius 2 is 2.33 bits per heavy atom. The molecule has 2 aliphatic heterocycles. The standard InChI is InChI=1S/C9H14O6/c1-12-9-7(11)8-5(14-9)4-13-6(15-8)2-3-10/h3,5-9,11H,2,4H2,1H3. The van der Waals surface area contributed by atoms with Gasteiger partial charge in [0.2, 0.25) is 0 Å². The predicted molar refractivity (Wildman–Crippen MR) is 47.0 cm³/mol. The zero-order valence-electron chi connectivity index (χ0n) is 8.37. The molecule has 0 radical (unpaired) electrons. The zero-order valence-corrected chi connectivity index (χ0v) is 8.37. The van der Waals surface area contributed by atoms with Crippen molar-refractivity contribution in [3.63, 3.8) is 0 Å². The molecule has 0 aromatic rings. The summed E-state index contributed by atoms with van der Waals surface area (Å²) in [4.78, 5) is 10.3. The number of rotatable bonds is 3. The normalized spacial score (nSPS) is 45.1. The van der Waals surface area contributed by atoms with Gasteiger partial charge in [0.25, 0.3) is 0 Å². The van der Waals surface area contributed by atoms with Crippen LogP contribution in [0.1, 0.15) is 6.42 Å². The molecule has 0 amide bonds. The highest BCUT2D eigenvalue weighted by Crippen LogP contribution is 2.29. The van der Waals surface area contributed by atoms with Crippen molar-refractivity contribution in [2.75, 3.05) is 13.7 Å². The molecule has 1 N–H and O–H groups in total. The van der Waals surface area contributed by atoms with Crippen LogP contribution in [0.3, 0.4) is 0 Å². The summed E-state index contributed by atoms with van der Waals surface area (Å²) in [5.74, 6) is 0. The van der Waals surface area contributed by atoms with E-state index in [1.807, 2.05) is 0 Å². The molecule has 5 unspecified atom stereocenters. The lowest BCUT2D eigenvalue weighted by Gasteiger charge is -2.31. The van der Waals surface area contributed by atoms with Crippen LogP contribution in [0.2, 0.25) is 0 Å². The summed E-state index contributed by atoms with van der Waals surface area (Å²) in [7, 11) is 1.45. The molecule has 6 nitrogen and oxygen atoms in total. The molecule has 86 valence electrons. The van der Waals surface area contributed by atoms with Gasteiger partial charge in [-0.1, -0.05) is 0 Å². The Bertz CT molecular complexity index is 231. The Morgan fingerprint density at radius 3 is 3.00 bits per heavy atom. The maximum Gasteiger partial charge on any atom is 0.186 e. The van der Waals surface area contributed by atoms with E-state index in [0.29, 0.717) is 6.61 Å². The van der Waals surface area contributed by atoms with Crippen LogP contribution in [0, 0.1) is 0 Å². The molecule has 0 aromatic heterocycles. The summed E-state index contributed by atoms with van der Waals surface area (Å²) < 4.78 is 20.9. The van der Waals surface area contributed by atoms with Crippen molar-refractivity contribution >= 4 is 6.29 Å². The van der Waals surface area contributed by atoms with E-state index in [-0.39, 0.29) is 12.5 Å². The molecule has 5 atom stereocenters. The van der Waals surface area contributed by atoms with Crippen molar-refractivity contribution in [2.45, 2.75) is 37.3 Å². The lowest BCUT2D eigenvalue weighted by Crippen LogP contribution is -2.45. The Labute approximate surface area is 87.1 Å². The molecule has 2 saturated heterocycles. The number of hydrogen-bond donors (Lipinski definition) is 1. The summed E-state index contributed by atoms with van der Waals surface area (Å²) in [6.07, 6.45) is -2.02. The molecule has 0 spiro atoms. The summed E-state index contributed by atoms with van der Waals surface area (Å²) in [6.45, 7) is 0.306. The first-order valence-electron chi connectivity index (χ1n) is 4.83. The number of carbonyl (C=O) groups is 1. The number of ether oxygens (including phenoxy) is 4. The van der Waals surface area contributed by atoms with E-state index in [0.717, 1.165) is 6.29 Å². The van der Waals surface area contributed by atoms with E-state index in [1.54, 1.807) is 0 Å². The van der Waals surface area contributed by atoms with E-state index in [2.05, 4.69) is 0 Å². The van der Waals surface area contributed by atoms with E-state index in [4.69, 9.17) is 18.9 Å². The molecular weight excluding hydrogens is 204 g/mol. The lowest BCUT2D eigenvalue weighted by molar-refractivity contribution is -0.248. The van der Waals surface area contributed by atoms with Crippen molar-refractivity contribution < 1.29 is 28.8 Å². The van der Waals surface area contributed by atoms with Gasteiger partial charge in [-0.25, -0.2) is 0 Å². The van der Waals surface area contributed by atoms with Gasteiger partial charge in [0.05, 0.1) is 13.0 Å². The average Bonchev–Trinajstić information content (AvgIpc) is 2.56. The predicted octanol–water partition coefficient (Wildman–Crippen LogP) is -0.951. The number of methoxy groups -OCH3 is 1. The van der Waals surface area contributed by atoms with Crippen LogP contribution < -0.4 is 0 Å². The van der Waals surface area contributed by atoms with Crippen molar-refractivity contribution in [3.8, 4) is 0 Å². The fourth-order valence-corrected chi connectivity index (χ4v) is 1.82. The monoisotopic (exact) mass is 218 g/mol. The molecule has 2 fully saturated rings. The van der Waals surface area contributed by atoms with Crippen LogP contribution in [-0.4, -0.2) is 56.0 Å². The Hall–Kier alpha value is -0.530. The minimum absolute atomic E-state index is 0.160. The quantitative estimate of drug-likeness (QED) is 0.615. The van der Waals surface area contributed by atoms with E-state index >= 15 is 0 Å². The summed E-state index contributed by atoms with van der Waals surface area (Å²) in [5, 5.41) is 9.75. The summed E-state index contributed by atoms with van der Waals surface area (Å²) in [6, 6.07) is 0. The third-order valence-electron chi connectivity index (χ3n) is 2.57. The summed E-state index contributed by atoms with van der Waals surface area (Å²) >= 11 is 0. The molecule has 15 heavy (non-hydrogen) atoms. The van der Waals surface area contributed by atoms with Gasteiger partial charge in [-0.3, -0.25) is 0 Å². The first-order valence-corrected chi connectivity index (χ1v) is 4.83. The minimum atomic E-state index is -0.835. The molecule has 2 heterocycles. The Kier molecular flexibility index (Phi) is 3.32. The highest BCUT2D eigenvalue weighted by molar-refractivity contribution is 5.49. The van der Waals surface area contributed by atoms with Gasteiger partial charge >= 0.3 is 0 Å². The van der Waals surface area contributed by atoms with E-state index < -0.39 is 24.8 Å². The summed E-state index contributed by atoms with van der Waals surface area (Å²) in [5.41, 5.74) is 0. The van der Waals surface area contributed by atoms with Gasteiger partial charge < -0.3 is 28.8 Å². The van der Waals surface area contributed by atoms with Crippen LogP contribution in [-0.2, 0) is 23.7 Å². The third-order valence-corrected chi connectivity index (χ3v) is 2.57. The van der Waals surface area contributed by atoms with E-state index in [9.17, 15) is 9.90 Å². The highest BCUT2D eigenvalue weighted by Gasteiger charge is 2.48. The molecule has 2 rings (SSSR count). The van der Waals surface area contributed by atoms with Gasteiger partial charge in [0.15, 0.2) is 12.6 Å². The number of aldehydes is 1. The molecule has 0 bridgehead atoms. The largest absolute Gasteiger partial charge is 0.385 e. The molecule has 0 aliphatic carbocycles. The van der Waals surface area contributed by atoms with Crippen molar-refractivity contribution in [3.05, 3.63) is 0 Å². The van der Waals surface area contributed by atoms with Crippen molar-refractivity contribution in [1.29, 1.82) is 0 Å². The number of carbonyl (C=O) groups excluding carboxylic acids is 1. The number of fused-ring (bicyclic) bond motifs is 1. The van der Waals surface area contributed by atoms with Gasteiger partial charge in [0.1, 0.15) is 24.6 Å². The number of aliphatic hydroxyl groups excluding tert-OH is 1.